The fourth-order valence-corrected chi connectivity index (χ4v) is 1.30. The summed E-state index contributed by atoms with van der Waals surface area (Å²) in [6, 6.07) is -1.30. The number of aliphatic carboxylic acids is 1. The zero-order valence-corrected chi connectivity index (χ0v) is 8.24. The third-order valence-electron chi connectivity index (χ3n) is 1.34. The van der Waals surface area contributed by atoms with Gasteiger partial charge in [0, 0.05) is 6.92 Å². The molecule has 8 heteroatoms. The maximum absolute atomic E-state index is 10.5. The molecule has 0 saturated heterocycles. The van der Waals surface area contributed by atoms with Gasteiger partial charge in [-0.1, -0.05) is 0 Å². The Hall–Kier alpha value is -1.15. The van der Waals surface area contributed by atoms with E-state index in [1.165, 1.54) is 0 Å². The summed E-state index contributed by atoms with van der Waals surface area (Å²) in [4.78, 5) is 21.0. The van der Waals surface area contributed by atoms with E-state index in [2.05, 4.69) is 0 Å². The van der Waals surface area contributed by atoms with Crippen molar-refractivity contribution in [1.29, 1.82) is 0 Å². The number of hydrogen-bond donors (Lipinski definition) is 3. The Morgan fingerprint density at radius 1 is 1.43 bits per heavy atom. The molecule has 7 nitrogen and oxygen atoms in total. The molecule has 0 aliphatic heterocycles. The minimum absolute atomic E-state index is 0.367. The molecule has 0 aliphatic rings. The van der Waals surface area contributed by atoms with Crippen LogP contribution in [0.25, 0.3) is 0 Å². The number of rotatable bonds is 5. The smallest absolute Gasteiger partial charge is 0.326 e. The van der Waals surface area contributed by atoms with E-state index in [1.807, 2.05) is 5.32 Å². The molecule has 0 saturated carbocycles. The summed E-state index contributed by atoms with van der Waals surface area (Å²) in [7, 11) is -4.20. The lowest BCUT2D eigenvalue weighted by Crippen LogP contribution is -2.40. The van der Waals surface area contributed by atoms with Gasteiger partial charge >= 0.3 is 5.97 Å². The van der Waals surface area contributed by atoms with Gasteiger partial charge in [0.2, 0.25) is 5.91 Å². The van der Waals surface area contributed by atoms with Crippen molar-refractivity contribution in [2.75, 3.05) is 5.75 Å². The number of carbonyl (C=O) groups is 2. The van der Waals surface area contributed by atoms with E-state index in [0.717, 1.165) is 6.92 Å². The maximum atomic E-state index is 10.5. The summed E-state index contributed by atoms with van der Waals surface area (Å²) in [5.41, 5.74) is 0. The highest BCUT2D eigenvalue weighted by molar-refractivity contribution is 7.85. The Morgan fingerprint density at radius 2 is 1.93 bits per heavy atom. The fraction of sp³-hybridized carbons (Fsp3) is 0.667. The van der Waals surface area contributed by atoms with E-state index in [1.54, 1.807) is 0 Å². The molecule has 0 bridgehead atoms. The molecular formula is C6H11NO6S. The lowest BCUT2D eigenvalue weighted by molar-refractivity contribution is -0.141. The van der Waals surface area contributed by atoms with Crippen LogP contribution in [0, 0.1) is 0 Å². The van der Waals surface area contributed by atoms with Gasteiger partial charge in [0.05, 0.1) is 5.75 Å². The monoisotopic (exact) mass is 225 g/mol. The number of carboxylic acids is 1. The fourth-order valence-electron chi connectivity index (χ4n) is 0.770. The van der Waals surface area contributed by atoms with Crippen LogP contribution >= 0.6 is 0 Å². The second-order valence-corrected chi connectivity index (χ2v) is 4.24. The third kappa shape index (κ3) is 6.38. The molecule has 0 heterocycles. The van der Waals surface area contributed by atoms with Crippen molar-refractivity contribution in [2.24, 2.45) is 0 Å². The predicted octanol–water partition coefficient (Wildman–Crippen LogP) is -1.15. The molecular weight excluding hydrogens is 214 g/mol. The predicted molar refractivity (Wildman–Crippen MR) is 46.3 cm³/mol. The number of amides is 1. The van der Waals surface area contributed by atoms with Crippen LogP contribution in [0.3, 0.4) is 0 Å². The molecule has 0 aromatic carbocycles. The average Bonchev–Trinajstić information content (AvgIpc) is 1.94. The highest BCUT2D eigenvalue weighted by atomic mass is 32.2. The van der Waals surface area contributed by atoms with E-state index in [0.29, 0.717) is 0 Å². The van der Waals surface area contributed by atoms with E-state index >= 15 is 0 Å². The largest absolute Gasteiger partial charge is 0.480 e. The highest BCUT2D eigenvalue weighted by Crippen LogP contribution is 1.96. The summed E-state index contributed by atoms with van der Waals surface area (Å²) in [5, 5.41) is 10.6. The first-order valence-electron chi connectivity index (χ1n) is 3.67. The minimum Gasteiger partial charge on any atom is -0.480 e. The van der Waals surface area contributed by atoms with Crippen LogP contribution < -0.4 is 5.32 Å². The molecule has 14 heavy (non-hydrogen) atoms. The molecule has 1 atom stereocenters. The van der Waals surface area contributed by atoms with E-state index in [9.17, 15) is 18.0 Å². The molecule has 82 valence electrons. The molecule has 0 fully saturated rings. The van der Waals surface area contributed by atoms with Gasteiger partial charge in [0.15, 0.2) is 0 Å². The zero-order chi connectivity index (χ0) is 11.4. The molecule has 3 N–H and O–H groups in total. The third-order valence-corrected chi connectivity index (χ3v) is 2.09. The summed E-state index contributed by atoms with van der Waals surface area (Å²) < 4.78 is 28.9. The van der Waals surface area contributed by atoms with Crippen molar-refractivity contribution in [3.63, 3.8) is 0 Å². The molecule has 0 radical (unpaired) electrons. The van der Waals surface area contributed by atoms with Crippen molar-refractivity contribution in [2.45, 2.75) is 19.4 Å². The summed E-state index contributed by atoms with van der Waals surface area (Å²) in [6.45, 7) is 1.11. The molecule has 0 aliphatic carbocycles. The quantitative estimate of drug-likeness (QED) is 0.508. The Kier molecular flexibility index (Phi) is 4.51. The van der Waals surface area contributed by atoms with Gasteiger partial charge in [-0.3, -0.25) is 9.35 Å². The van der Waals surface area contributed by atoms with Crippen LogP contribution in [0.4, 0.5) is 0 Å². The van der Waals surface area contributed by atoms with Crippen molar-refractivity contribution >= 4 is 22.0 Å². The van der Waals surface area contributed by atoms with E-state index in [-0.39, 0.29) is 6.42 Å². The van der Waals surface area contributed by atoms with E-state index < -0.39 is 33.8 Å². The highest BCUT2D eigenvalue weighted by Gasteiger charge is 2.20. The van der Waals surface area contributed by atoms with Gasteiger partial charge in [-0.15, -0.1) is 0 Å². The standard InChI is InChI=1S/C6H11NO6S/c1-4(8)7-5(6(9)10)2-3-14(11,12)13/h5H,2-3H2,1H3,(H,7,8)(H,9,10)(H,11,12,13). The van der Waals surface area contributed by atoms with E-state index in [4.69, 9.17) is 9.66 Å². The molecule has 1 amide bonds. The van der Waals surface area contributed by atoms with Gasteiger partial charge < -0.3 is 10.4 Å². The number of carboxylic acid groups (broad SMARTS) is 1. The number of hydrogen-bond acceptors (Lipinski definition) is 4. The summed E-state index contributed by atoms with van der Waals surface area (Å²) in [6.07, 6.45) is -0.367. The SMILES string of the molecule is CC(=O)NC(CCS(=O)(=O)O)C(=O)O. The van der Waals surface area contributed by atoms with Gasteiger partial charge in [-0.25, -0.2) is 4.79 Å². The summed E-state index contributed by atoms with van der Waals surface area (Å²) >= 11 is 0. The Labute approximate surface area is 80.9 Å². The first-order chi connectivity index (χ1) is 6.22. The normalized spacial score (nSPS) is 13.3. The second-order valence-electron chi connectivity index (χ2n) is 2.67. The average molecular weight is 225 g/mol. The van der Waals surface area contributed by atoms with Gasteiger partial charge in [0.25, 0.3) is 10.1 Å². The Balaban J connectivity index is 4.25. The second kappa shape index (κ2) is 4.91. The first-order valence-corrected chi connectivity index (χ1v) is 5.28. The van der Waals surface area contributed by atoms with Gasteiger partial charge in [0.1, 0.15) is 6.04 Å². The molecule has 0 rings (SSSR count). The molecule has 0 aromatic heterocycles. The minimum atomic E-state index is -4.20. The topological polar surface area (TPSA) is 121 Å². The Morgan fingerprint density at radius 3 is 2.21 bits per heavy atom. The van der Waals surface area contributed by atoms with Gasteiger partial charge in [-0.05, 0) is 6.42 Å². The van der Waals surface area contributed by atoms with Crippen molar-refractivity contribution in [1.82, 2.24) is 5.32 Å². The van der Waals surface area contributed by atoms with Gasteiger partial charge in [-0.2, -0.15) is 8.42 Å². The van der Waals surface area contributed by atoms with Crippen LogP contribution in [0.2, 0.25) is 0 Å². The van der Waals surface area contributed by atoms with Crippen LogP contribution in [0.5, 0.6) is 0 Å². The van der Waals surface area contributed by atoms with Crippen molar-refractivity contribution < 1.29 is 27.7 Å². The number of nitrogens with one attached hydrogen (secondary N) is 1. The zero-order valence-electron chi connectivity index (χ0n) is 7.43. The van der Waals surface area contributed by atoms with Crippen LogP contribution in [-0.2, 0) is 19.7 Å². The number of carbonyl (C=O) groups excluding carboxylic acids is 1. The van der Waals surface area contributed by atoms with Crippen molar-refractivity contribution in [3.8, 4) is 0 Å². The molecule has 0 spiro atoms. The maximum Gasteiger partial charge on any atom is 0.326 e. The van der Waals surface area contributed by atoms with Crippen LogP contribution in [-0.4, -0.2) is 41.7 Å². The molecule has 1 unspecified atom stereocenters. The van der Waals surface area contributed by atoms with Crippen LogP contribution in [0.1, 0.15) is 13.3 Å². The molecule has 0 aromatic rings. The van der Waals surface area contributed by atoms with Crippen LogP contribution in [0.15, 0.2) is 0 Å². The van der Waals surface area contributed by atoms with Crippen molar-refractivity contribution in [3.05, 3.63) is 0 Å². The lowest BCUT2D eigenvalue weighted by atomic mass is 10.2. The lowest BCUT2D eigenvalue weighted by Gasteiger charge is -2.11. The first kappa shape index (κ1) is 12.8. The Bertz CT molecular complexity index is 321. The summed E-state index contributed by atoms with van der Waals surface area (Å²) in [5.74, 6) is -2.62.